The highest BCUT2D eigenvalue weighted by atomic mass is 32.1. The molecule has 0 radical (unpaired) electrons. The van der Waals surface area contributed by atoms with E-state index in [2.05, 4.69) is 13.8 Å². The molecule has 0 aliphatic rings. The van der Waals surface area contributed by atoms with Gasteiger partial charge in [-0.1, -0.05) is 13.8 Å². The van der Waals surface area contributed by atoms with Crippen LogP contribution in [-0.4, -0.2) is 19.2 Å². The van der Waals surface area contributed by atoms with Crippen molar-refractivity contribution in [2.45, 2.75) is 27.2 Å². The number of ether oxygens (including phenoxy) is 2. The number of esters is 1. The zero-order valence-corrected chi connectivity index (χ0v) is 14.1. The third-order valence-electron chi connectivity index (χ3n) is 3.21. The van der Waals surface area contributed by atoms with Crippen LogP contribution < -0.4 is 4.74 Å². The minimum atomic E-state index is -0.242. The zero-order chi connectivity index (χ0) is 15.9. The number of carbonyl (C=O) groups is 1. The van der Waals surface area contributed by atoms with Crippen LogP contribution in [0.3, 0.4) is 0 Å². The Morgan fingerprint density at radius 2 is 1.95 bits per heavy atom. The van der Waals surface area contributed by atoms with Crippen LogP contribution in [0, 0.1) is 5.92 Å². The van der Waals surface area contributed by atoms with Gasteiger partial charge in [-0.2, -0.15) is 0 Å². The second-order valence-electron chi connectivity index (χ2n) is 5.48. The van der Waals surface area contributed by atoms with Gasteiger partial charge in [-0.05, 0) is 55.2 Å². The molecule has 0 aliphatic carbocycles. The van der Waals surface area contributed by atoms with Gasteiger partial charge >= 0.3 is 5.97 Å². The summed E-state index contributed by atoms with van der Waals surface area (Å²) in [6.07, 6.45) is 0.891. The Bertz CT molecular complexity index is 599. The summed E-state index contributed by atoms with van der Waals surface area (Å²) in [6, 6.07) is 9.78. The first kappa shape index (κ1) is 16.6. The van der Waals surface area contributed by atoms with Crippen molar-refractivity contribution >= 4 is 17.3 Å². The predicted octanol–water partition coefficient (Wildman–Crippen LogP) is 5.02. The van der Waals surface area contributed by atoms with Crippen molar-refractivity contribution < 1.29 is 14.3 Å². The fraction of sp³-hybridized carbons (Fsp3) is 0.389. The van der Waals surface area contributed by atoms with E-state index in [4.69, 9.17) is 9.47 Å². The first-order chi connectivity index (χ1) is 10.6. The second kappa shape index (κ2) is 7.99. The molecule has 0 N–H and O–H groups in total. The lowest BCUT2D eigenvalue weighted by molar-refractivity contribution is 0.0489. The van der Waals surface area contributed by atoms with E-state index >= 15 is 0 Å². The number of carbonyl (C=O) groups excluding carboxylic acids is 1. The Morgan fingerprint density at radius 3 is 2.59 bits per heavy atom. The molecule has 1 aromatic carbocycles. The lowest BCUT2D eigenvalue weighted by atomic mass is 10.1. The summed E-state index contributed by atoms with van der Waals surface area (Å²) in [5, 5.41) is 1.85. The summed E-state index contributed by atoms with van der Waals surface area (Å²) in [5.74, 6) is 1.15. The molecule has 2 aromatic rings. The van der Waals surface area contributed by atoms with Crippen LogP contribution >= 0.6 is 11.3 Å². The first-order valence-electron chi connectivity index (χ1n) is 7.59. The lowest BCUT2D eigenvalue weighted by Crippen LogP contribution is -2.06. The first-order valence-corrected chi connectivity index (χ1v) is 8.47. The molecule has 0 saturated carbocycles. The van der Waals surface area contributed by atoms with E-state index in [1.807, 2.05) is 42.6 Å². The van der Waals surface area contributed by atoms with E-state index in [9.17, 15) is 4.79 Å². The fourth-order valence-electron chi connectivity index (χ4n) is 1.95. The third-order valence-corrected chi connectivity index (χ3v) is 4.19. The van der Waals surface area contributed by atoms with Crippen LogP contribution in [0.25, 0.3) is 10.4 Å². The Hall–Kier alpha value is -1.81. The van der Waals surface area contributed by atoms with Crippen LogP contribution in [0.2, 0.25) is 0 Å². The van der Waals surface area contributed by atoms with Gasteiger partial charge in [-0.15, -0.1) is 11.3 Å². The smallest absolute Gasteiger partial charge is 0.338 e. The largest absolute Gasteiger partial charge is 0.494 e. The molecule has 0 amide bonds. The van der Waals surface area contributed by atoms with Crippen LogP contribution in [0.5, 0.6) is 5.75 Å². The minimum absolute atomic E-state index is 0.242. The van der Waals surface area contributed by atoms with Crippen molar-refractivity contribution in [2.75, 3.05) is 13.2 Å². The Kier molecular flexibility index (Phi) is 6.01. The van der Waals surface area contributed by atoms with Crippen molar-refractivity contribution in [3.8, 4) is 16.2 Å². The Morgan fingerprint density at radius 1 is 1.23 bits per heavy atom. The maximum atomic E-state index is 12.0. The molecule has 0 fully saturated rings. The lowest BCUT2D eigenvalue weighted by Gasteiger charge is -2.05. The van der Waals surface area contributed by atoms with Gasteiger partial charge in [0.05, 0.1) is 18.8 Å². The normalized spacial score (nSPS) is 10.7. The molecule has 0 spiro atoms. The molecule has 0 saturated heterocycles. The van der Waals surface area contributed by atoms with Gasteiger partial charge in [0.25, 0.3) is 0 Å². The summed E-state index contributed by atoms with van der Waals surface area (Å²) in [7, 11) is 0. The number of rotatable bonds is 7. The molecule has 0 aliphatic heterocycles. The highest BCUT2D eigenvalue weighted by molar-refractivity contribution is 7.13. The van der Waals surface area contributed by atoms with Crippen LogP contribution in [0.4, 0.5) is 0 Å². The van der Waals surface area contributed by atoms with Crippen LogP contribution in [-0.2, 0) is 4.74 Å². The van der Waals surface area contributed by atoms with Crippen molar-refractivity contribution in [2.24, 2.45) is 5.92 Å². The molecule has 1 heterocycles. The van der Waals surface area contributed by atoms with Gasteiger partial charge < -0.3 is 9.47 Å². The second-order valence-corrected chi connectivity index (χ2v) is 6.39. The highest BCUT2D eigenvalue weighted by Crippen LogP contribution is 2.29. The summed E-state index contributed by atoms with van der Waals surface area (Å²) in [5.41, 5.74) is 1.70. The third kappa shape index (κ3) is 4.60. The molecule has 22 heavy (non-hydrogen) atoms. The molecule has 3 nitrogen and oxygen atoms in total. The van der Waals surface area contributed by atoms with Gasteiger partial charge in [-0.25, -0.2) is 4.79 Å². The van der Waals surface area contributed by atoms with E-state index in [-0.39, 0.29) is 5.97 Å². The van der Waals surface area contributed by atoms with Gasteiger partial charge in [-0.3, -0.25) is 0 Å². The van der Waals surface area contributed by atoms with E-state index in [0.29, 0.717) is 24.7 Å². The Balaban J connectivity index is 1.99. The quantitative estimate of drug-likeness (QED) is 0.673. The fourth-order valence-corrected chi connectivity index (χ4v) is 2.83. The maximum Gasteiger partial charge on any atom is 0.338 e. The molecular formula is C18H22O3S. The van der Waals surface area contributed by atoms with Gasteiger partial charge in [0, 0.05) is 10.3 Å². The molecular weight excluding hydrogens is 296 g/mol. The number of thiophene rings is 1. The van der Waals surface area contributed by atoms with Crippen molar-refractivity contribution in [1.82, 2.24) is 0 Å². The summed E-state index contributed by atoms with van der Waals surface area (Å²) in [6.45, 7) is 7.32. The van der Waals surface area contributed by atoms with Crippen molar-refractivity contribution in [3.05, 3.63) is 41.3 Å². The summed E-state index contributed by atoms with van der Waals surface area (Å²) >= 11 is 1.55. The van der Waals surface area contributed by atoms with Gasteiger partial charge in [0.2, 0.25) is 0 Å². The van der Waals surface area contributed by atoms with E-state index in [1.165, 1.54) is 0 Å². The van der Waals surface area contributed by atoms with Crippen molar-refractivity contribution in [1.29, 1.82) is 0 Å². The molecule has 1 aromatic heterocycles. The average Bonchev–Trinajstić information content (AvgIpc) is 2.98. The predicted molar refractivity (Wildman–Crippen MR) is 90.7 cm³/mol. The van der Waals surface area contributed by atoms with Crippen LogP contribution in [0.15, 0.2) is 35.7 Å². The molecule has 4 heteroatoms. The molecule has 118 valence electrons. The van der Waals surface area contributed by atoms with E-state index in [0.717, 1.165) is 22.6 Å². The number of hydrogen-bond donors (Lipinski definition) is 0. The summed E-state index contributed by atoms with van der Waals surface area (Å²) < 4.78 is 10.7. The summed E-state index contributed by atoms with van der Waals surface area (Å²) in [4.78, 5) is 13.0. The number of benzene rings is 1. The zero-order valence-electron chi connectivity index (χ0n) is 13.3. The average molecular weight is 318 g/mol. The van der Waals surface area contributed by atoms with Gasteiger partial charge in [0.15, 0.2) is 0 Å². The van der Waals surface area contributed by atoms with E-state index in [1.54, 1.807) is 11.3 Å². The topological polar surface area (TPSA) is 35.5 Å². The van der Waals surface area contributed by atoms with Gasteiger partial charge in [0.1, 0.15) is 5.75 Å². The SMILES string of the molecule is CCOc1ccc(-c2cc(C(=O)OCCC(C)C)cs2)cc1. The standard InChI is InChI=1S/C18H22O3S/c1-4-20-16-7-5-14(6-8-16)17-11-15(12-22-17)18(19)21-10-9-13(2)3/h5-8,11-13H,4,9-10H2,1-3H3. The molecule has 0 unspecified atom stereocenters. The van der Waals surface area contributed by atoms with Crippen LogP contribution in [0.1, 0.15) is 37.6 Å². The van der Waals surface area contributed by atoms with Crippen molar-refractivity contribution in [3.63, 3.8) is 0 Å². The maximum absolute atomic E-state index is 12.0. The molecule has 2 rings (SSSR count). The molecule has 0 atom stereocenters. The molecule has 0 bridgehead atoms. The number of hydrogen-bond acceptors (Lipinski definition) is 4. The van der Waals surface area contributed by atoms with E-state index < -0.39 is 0 Å². The monoisotopic (exact) mass is 318 g/mol. The highest BCUT2D eigenvalue weighted by Gasteiger charge is 2.11. The Labute approximate surface area is 135 Å². The minimum Gasteiger partial charge on any atom is -0.494 e.